The lowest BCUT2D eigenvalue weighted by molar-refractivity contribution is 0.174. The molecule has 0 saturated carbocycles. The zero-order chi connectivity index (χ0) is 14.2. The molecule has 0 radical (unpaired) electrons. The van der Waals surface area contributed by atoms with Crippen molar-refractivity contribution in [1.29, 1.82) is 0 Å². The lowest BCUT2D eigenvalue weighted by atomic mass is 10.2. The lowest BCUT2D eigenvalue weighted by Crippen LogP contribution is -2.06. The van der Waals surface area contributed by atoms with Gasteiger partial charge in [-0.3, -0.25) is 0 Å². The molecule has 0 spiro atoms. The van der Waals surface area contributed by atoms with Crippen molar-refractivity contribution in [3.05, 3.63) is 47.1 Å². The van der Waals surface area contributed by atoms with Gasteiger partial charge in [-0.2, -0.15) is 0 Å². The second kappa shape index (κ2) is 4.96. The molecule has 0 bridgehead atoms. The third-order valence-corrected chi connectivity index (χ3v) is 4.67. The van der Waals surface area contributed by atoms with Crippen LogP contribution in [0.2, 0.25) is 5.02 Å². The molecule has 104 valence electrons. The Kier molecular flexibility index (Phi) is 3.27. The molecule has 2 aromatic rings. The molecule has 0 unspecified atom stereocenters. The highest BCUT2D eigenvalue weighted by atomic mass is 35.5. The summed E-state index contributed by atoms with van der Waals surface area (Å²) in [5.41, 5.74) is 0.532. The highest BCUT2D eigenvalue weighted by Gasteiger charge is 2.22. The summed E-state index contributed by atoms with van der Waals surface area (Å²) < 4.78 is 34.9. The van der Waals surface area contributed by atoms with E-state index in [4.69, 9.17) is 21.1 Å². The molecule has 0 fully saturated rings. The molecule has 0 amide bonds. The molecule has 1 aromatic carbocycles. The lowest BCUT2D eigenvalue weighted by Gasteiger charge is -2.06. The molecule has 7 heteroatoms. The number of fused-ring (bicyclic) bond motifs is 1. The smallest absolute Gasteiger partial charge is 0.231 e. The van der Waals surface area contributed by atoms with Gasteiger partial charge in [0.2, 0.25) is 6.79 Å². The SMILES string of the molecule is O=S(=O)(Cc1cc(Cl)c2c(c1)OCO2)c1ccccn1. The first-order valence-electron chi connectivity index (χ1n) is 5.78. The molecular formula is C13H10ClNO4S. The van der Waals surface area contributed by atoms with Crippen LogP contribution in [0, 0.1) is 0 Å². The predicted octanol–water partition coefficient (Wildman–Crippen LogP) is 2.44. The number of hydrogen-bond donors (Lipinski definition) is 0. The number of ether oxygens (including phenoxy) is 2. The Bertz CT molecular complexity index is 746. The zero-order valence-corrected chi connectivity index (χ0v) is 11.8. The Labute approximate surface area is 121 Å². The van der Waals surface area contributed by atoms with Crippen molar-refractivity contribution in [2.45, 2.75) is 10.8 Å². The molecule has 0 aliphatic carbocycles. The summed E-state index contributed by atoms with van der Waals surface area (Å²) in [6.07, 6.45) is 1.44. The van der Waals surface area contributed by atoms with E-state index in [9.17, 15) is 8.42 Å². The van der Waals surface area contributed by atoms with Crippen molar-refractivity contribution in [3.63, 3.8) is 0 Å². The van der Waals surface area contributed by atoms with E-state index in [0.717, 1.165) is 0 Å². The van der Waals surface area contributed by atoms with Crippen LogP contribution in [0.15, 0.2) is 41.6 Å². The number of aromatic nitrogens is 1. The standard InChI is InChI=1S/C13H10ClNO4S/c14-10-5-9(6-11-13(10)19-8-18-11)7-20(16,17)12-3-1-2-4-15-12/h1-6H,7-8H2. The fraction of sp³-hybridized carbons (Fsp3) is 0.154. The Morgan fingerprint density at radius 2 is 2.10 bits per heavy atom. The van der Waals surface area contributed by atoms with Crippen molar-refractivity contribution in [3.8, 4) is 11.5 Å². The predicted molar refractivity (Wildman–Crippen MR) is 72.7 cm³/mol. The van der Waals surface area contributed by atoms with Crippen molar-refractivity contribution in [2.75, 3.05) is 6.79 Å². The van der Waals surface area contributed by atoms with E-state index in [0.29, 0.717) is 22.1 Å². The van der Waals surface area contributed by atoms with Crippen LogP contribution in [0.4, 0.5) is 0 Å². The number of hydrogen-bond acceptors (Lipinski definition) is 5. The summed E-state index contributed by atoms with van der Waals surface area (Å²) >= 11 is 6.03. The summed E-state index contributed by atoms with van der Waals surface area (Å²) in [4.78, 5) is 3.86. The number of benzene rings is 1. The van der Waals surface area contributed by atoms with E-state index >= 15 is 0 Å². The molecule has 1 aromatic heterocycles. The molecule has 0 saturated heterocycles. The molecule has 3 rings (SSSR count). The van der Waals surface area contributed by atoms with Gasteiger partial charge >= 0.3 is 0 Å². The molecule has 5 nitrogen and oxygen atoms in total. The van der Waals surface area contributed by atoms with Crippen LogP contribution in [0.3, 0.4) is 0 Å². The maximum absolute atomic E-state index is 12.2. The first-order chi connectivity index (χ1) is 9.56. The first-order valence-corrected chi connectivity index (χ1v) is 7.81. The summed E-state index contributed by atoms with van der Waals surface area (Å²) in [7, 11) is -3.51. The van der Waals surface area contributed by atoms with E-state index in [-0.39, 0.29) is 17.6 Å². The van der Waals surface area contributed by atoms with E-state index < -0.39 is 9.84 Å². The van der Waals surface area contributed by atoms with Gasteiger partial charge < -0.3 is 9.47 Å². The summed E-state index contributed by atoms with van der Waals surface area (Å²) in [6, 6.07) is 7.94. The highest BCUT2D eigenvalue weighted by Crippen LogP contribution is 2.40. The number of halogens is 1. The quantitative estimate of drug-likeness (QED) is 0.871. The van der Waals surface area contributed by atoms with Crippen molar-refractivity contribution < 1.29 is 17.9 Å². The number of nitrogens with zero attached hydrogens (tertiary/aromatic N) is 1. The molecule has 2 heterocycles. The first kappa shape index (κ1) is 13.2. The monoisotopic (exact) mass is 311 g/mol. The third-order valence-electron chi connectivity index (χ3n) is 2.80. The Balaban J connectivity index is 1.94. The highest BCUT2D eigenvalue weighted by molar-refractivity contribution is 7.90. The number of pyridine rings is 1. The summed E-state index contributed by atoms with van der Waals surface area (Å²) in [6.45, 7) is 0.0888. The van der Waals surface area contributed by atoms with Gasteiger partial charge in [-0.25, -0.2) is 13.4 Å². The normalized spacial score (nSPS) is 13.4. The minimum Gasteiger partial charge on any atom is -0.454 e. The van der Waals surface area contributed by atoms with Gasteiger partial charge in [-0.15, -0.1) is 0 Å². The van der Waals surface area contributed by atoms with Gasteiger partial charge in [0.05, 0.1) is 10.8 Å². The molecule has 1 aliphatic rings. The van der Waals surface area contributed by atoms with Crippen molar-refractivity contribution in [2.24, 2.45) is 0 Å². The fourth-order valence-corrected chi connectivity index (χ4v) is 3.48. The van der Waals surface area contributed by atoms with Crippen molar-refractivity contribution in [1.82, 2.24) is 4.98 Å². The maximum Gasteiger partial charge on any atom is 0.231 e. The van der Waals surface area contributed by atoms with Crippen LogP contribution in [0.1, 0.15) is 5.56 Å². The topological polar surface area (TPSA) is 65.5 Å². The van der Waals surface area contributed by atoms with Crippen LogP contribution in [0.25, 0.3) is 0 Å². The van der Waals surface area contributed by atoms with Crippen molar-refractivity contribution >= 4 is 21.4 Å². The number of rotatable bonds is 3. The molecule has 20 heavy (non-hydrogen) atoms. The Hall–Kier alpha value is -1.79. The second-order valence-electron chi connectivity index (χ2n) is 4.24. The van der Waals surface area contributed by atoms with Gasteiger partial charge in [-0.1, -0.05) is 17.7 Å². The fourth-order valence-electron chi connectivity index (χ4n) is 1.93. The van der Waals surface area contributed by atoms with E-state index in [1.54, 1.807) is 24.3 Å². The molecule has 0 atom stereocenters. The summed E-state index contributed by atoms with van der Waals surface area (Å²) in [5.74, 6) is 0.717. The minimum atomic E-state index is -3.51. The van der Waals surface area contributed by atoms with Gasteiger partial charge in [0.25, 0.3) is 0 Å². The van der Waals surface area contributed by atoms with Crippen LogP contribution in [-0.4, -0.2) is 20.2 Å². The van der Waals surface area contributed by atoms with Gasteiger partial charge in [-0.05, 0) is 29.8 Å². The second-order valence-corrected chi connectivity index (χ2v) is 6.58. The zero-order valence-electron chi connectivity index (χ0n) is 10.2. The van der Waals surface area contributed by atoms with Crippen LogP contribution < -0.4 is 9.47 Å². The number of sulfone groups is 1. The van der Waals surface area contributed by atoms with E-state index in [1.807, 2.05) is 0 Å². The van der Waals surface area contributed by atoms with E-state index in [1.165, 1.54) is 12.3 Å². The Morgan fingerprint density at radius 3 is 2.85 bits per heavy atom. The van der Waals surface area contributed by atoms with Crippen LogP contribution in [-0.2, 0) is 15.6 Å². The largest absolute Gasteiger partial charge is 0.454 e. The molecule has 1 aliphatic heterocycles. The average molecular weight is 312 g/mol. The minimum absolute atomic E-state index is 0.0359. The van der Waals surface area contributed by atoms with E-state index in [2.05, 4.69) is 4.98 Å². The van der Waals surface area contributed by atoms with Crippen LogP contribution in [0.5, 0.6) is 11.5 Å². The van der Waals surface area contributed by atoms with Gasteiger partial charge in [0, 0.05) is 6.20 Å². The molecular weight excluding hydrogens is 302 g/mol. The van der Waals surface area contributed by atoms with Gasteiger partial charge in [0.15, 0.2) is 26.4 Å². The Morgan fingerprint density at radius 1 is 1.25 bits per heavy atom. The van der Waals surface area contributed by atoms with Gasteiger partial charge in [0.1, 0.15) is 0 Å². The maximum atomic E-state index is 12.2. The average Bonchev–Trinajstić information content (AvgIpc) is 2.88. The summed E-state index contributed by atoms with van der Waals surface area (Å²) in [5, 5.41) is 0.375. The third kappa shape index (κ3) is 2.44. The van der Waals surface area contributed by atoms with Crippen LogP contribution >= 0.6 is 11.6 Å². The molecule has 0 N–H and O–H groups in total.